The molecule has 1 unspecified atom stereocenters. The van der Waals surface area contributed by atoms with E-state index in [4.69, 9.17) is 19.8 Å². The molecule has 1 heterocycles. The number of halogens is 1. The molecule has 0 aromatic heterocycles. The summed E-state index contributed by atoms with van der Waals surface area (Å²) in [7, 11) is 0. The number of nitrogens with one attached hydrogen (secondary N) is 1. The van der Waals surface area contributed by atoms with Gasteiger partial charge in [0.2, 0.25) is 0 Å². The second-order valence-corrected chi connectivity index (χ2v) is 7.45. The molecule has 2 N–H and O–H groups in total. The van der Waals surface area contributed by atoms with Crippen LogP contribution in [0.25, 0.3) is 0 Å². The number of quaternary nitrogens is 1. The molecule has 1 fully saturated rings. The average molecular weight is 416 g/mol. The fraction of sp³-hybridized carbons (Fsp3) is 0.391. The number of hydrogen-bond donors (Lipinski definition) is 2. The molecule has 0 amide bonds. The van der Waals surface area contributed by atoms with E-state index in [1.54, 1.807) is 17.0 Å². The number of carboxylic acid groups (broad SMARTS) is 2. The SMILES string of the molecule is CC[NH+](Cc1ccccc1)C1CCN(Cc2cccc(F)c2)CC1.O=C([O-])C(=O)O. The lowest BCUT2D eigenvalue weighted by Gasteiger charge is -2.36. The second-order valence-electron chi connectivity index (χ2n) is 7.45. The lowest BCUT2D eigenvalue weighted by molar-refractivity contribution is -0.938. The molecular weight excluding hydrogens is 387 g/mol. The van der Waals surface area contributed by atoms with E-state index in [1.807, 2.05) is 6.07 Å². The van der Waals surface area contributed by atoms with Crippen LogP contribution in [0, 0.1) is 5.82 Å². The van der Waals surface area contributed by atoms with E-state index in [1.165, 1.54) is 31.0 Å². The van der Waals surface area contributed by atoms with Crippen LogP contribution in [-0.4, -0.2) is 47.6 Å². The molecule has 0 bridgehead atoms. The quantitative estimate of drug-likeness (QED) is 0.678. The third-order valence-corrected chi connectivity index (χ3v) is 5.36. The van der Waals surface area contributed by atoms with Crippen LogP contribution in [0.2, 0.25) is 0 Å². The summed E-state index contributed by atoms with van der Waals surface area (Å²) < 4.78 is 13.3. The molecule has 1 saturated heterocycles. The minimum Gasteiger partial charge on any atom is -0.539 e. The van der Waals surface area contributed by atoms with Gasteiger partial charge in [0.15, 0.2) is 5.97 Å². The van der Waals surface area contributed by atoms with Gasteiger partial charge in [-0.15, -0.1) is 0 Å². The first kappa shape index (κ1) is 23.5. The third-order valence-electron chi connectivity index (χ3n) is 5.36. The van der Waals surface area contributed by atoms with E-state index in [9.17, 15) is 4.39 Å². The molecule has 0 spiro atoms. The number of carboxylic acids is 2. The van der Waals surface area contributed by atoms with Crippen molar-refractivity contribution in [2.45, 2.75) is 38.9 Å². The van der Waals surface area contributed by atoms with Crippen molar-refractivity contribution in [1.29, 1.82) is 0 Å². The zero-order chi connectivity index (χ0) is 21.9. The van der Waals surface area contributed by atoms with Crippen molar-refractivity contribution in [3.05, 3.63) is 71.5 Å². The lowest BCUT2D eigenvalue weighted by atomic mass is 10.0. The van der Waals surface area contributed by atoms with Crippen LogP contribution >= 0.6 is 0 Å². The summed E-state index contributed by atoms with van der Waals surface area (Å²) in [6, 6.07) is 18.5. The predicted molar refractivity (Wildman–Crippen MR) is 109 cm³/mol. The van der Waals surface area contributed by atoms with Gasteiger partial charge in [0.1, 0.15) is 12.4 Å². The highest BCUT2D eigenvalue weighted by atomic mass is 19.1. The maximum atomic E-state index is 13.3. The fourth-order valence-corrected chi connectivity index (χ4v) is 3.81. The summed E-state index contributed by atoms with van der Waals surface area (Å²) in [6.07, 6.45) is 2.46. The molecule has 2 aromatic carbocycles. The summed E-state index contributed by atoms with van der Waals surface area (Å²) >= 11 is 0. The van der Waals surface area contributed by atoms with Gasteiger partial charge < -0.3 is 19.9 Å². The molecule has 30 heavy (non-hydrogen) atoms. The van der Waals surface area contributed by atoms with Crippen molar-refractivity contribution in [2.24, 2.45) is 0 Å². The topological polar surface area (TPSA) is 85.1 Å². The number of nitrogens with zero attached hydrogens (tertiary/aromatic N) is 1. The minimum absolute atomic E-state index is 0.133. The molecular formula is C23H29FN2O4. The highest BCUT2D eigenvalue weighted by molar-refractivity contribution is 6.26. The van der Waals surface area contributed by atoms with Gasteiger partial charge in [-0.05, 0) is 24.6 Å². The number of piperidine rings is 1. The Labute approximate surface area is 176 Å². The van der Waals surface area contributed by atoms with Gasteiger partial charge in [0, 0.05) is 38.0 Å². The molecule has 6 nitrogen and oxygen atoms in total. The molecule has 1 aliphatic rings. The molecule has 3 rings (SSSR count). The minimum atomic E-state index is -2.07. The van der Waals surface area contributed by atoms with E-state index >= 15 is 0 Å². The van der Waals surface area contributed by atoms with Gasteiger partial charge in [0.05, 0.1) is 12.6 Å². The summed E-state index contributed by atoms with van der Waals surface area (Å²) in [4.78, 5) is 22.2. The van der Waals surface area contributed by atoms with Gasteiger partial charge in [-0.2, -0.15) is 0 Å². The fourth-order valence-electron chi connectivity index (χ4n) is 3.81. The Morgan fingerprint density at radius 3 is 2.23 bits per heavy atom. The first-order valence-electron chi connectivity index (χ1n) is 10.2. The second kappa shape index (κ2) is 12.0. The monoisotopic (exact) mass is 416 g/mol. The third kappa shape index (κ3) is 7.93. The van der Waals surface area contributed by atoms with E-state index in [2.05, 4.69) is 42.2 Å². The predicted octanol–water partition coefficient (Wildman–Crippen LogP) is 0.716. The first-order valence-corrected chi connectivity index (χ1v) is 10.2. The Morgan fingerprint density at radius 2 is 1.70 bits per heavy atom. The average Bonchev–Trinajstić information content (AvgIpc) is 2.74. The summed E-state index contributed by atoms with van der Waals surface area (Å²) in [6.45, 7) is 7.66. The van der Waals surface area contributed by atoms with Gasteiger partial charge in [-0.3, -0.25) is 4.90 Å². The van der Waals surface area contributed by atoms with Crippen LogP contribution in [0.4, 0.5) is 4.39 Å². The molecule has 1 aliphatic heterocycles. The van der Waals surface area contributed by atoms with E-state index in [0.29, 0.717) is 0 Å². The molecule has 0 radical (unpaired) electrons. The number of benzene rings is 2. The zero-order valence-electron chi connectivity index (χ0n) is 17.2. The largest absolute Gasteiger partial charge is 0.539 e. The molecule has 162 valence electrons. The highest BCUT2D eigenvalue weighted by Crippen LogP contribution is 2.13. The zero-order valence-corrected chi connectivity index (χ0v) is 17.2. The Bertz CT molecular complexity index is 796. The molecule has 1 atom stereocenters. The van der Waals surface area contributed by atoms with Crippen molar-refractivity contribution < 1.29 is 29.1 Å². The van der Waals surface area contributed by atoms with Gasteiger partial charge in [-0.1, -0.05) is 42.5 Å². The number of aliphatic carboxylic acids is 2. The molecule has 0 aliphatic carbocycles. The molecule has 7 heteroatoms. The maximum absolute atomic E-state index is 13.3. The van der Waals surface area contributed by atoms with Crippen LogP contribution in [-0.2, 0) is 22.7 Å². The summed E-state index contributed by atoms with van der Waals surface area (Å²) in [5, 5.41) is 16.3. The van der Waals surface area contributed by atoms with Crippen LogP contribution in [0.1, 0.15) is 30.9 Å². The maximum Gasteiger partial charge on any atom is 0.351 e. The number of carbonyl (C=O) groups is 2. The van der Waals surface area contributed by atoms with Crippen molar-refractivity contribution in [2.75, 3.05) is 19.6 Å². The number of hydrogen-bond acceptors (Lipinski definition) is 4. The highest BCUT2D eigenvalue weighted by Gasteiger charge is 2.26. The van der Waals surface area contributed by atoms with Crippen molar-refractivity contribution in [1.82, 2.24) is 4.90 Å². The van der Waals surface area contributed by atoms with Crippen molar-refractivity contribution in [3.63, 3.8) is 0 Å². The normalized spacial score (nSPS) is 15.7. The van der Waals surface area contributed by atoms with Crippen molar-refractivity contribution >= 4 is 11.9 Å². The first-order chi connectivity index (χ1) is 14.4. The number of rotatable bonds is 6. The Balaban J connectivity index is 0.000000469. The standard InChI is InChI=1S/C21H27FN2.C2H2O4/c1-2-24(17-18-7-4-3-5-8-18)21-11-13-23(14-12-21)16-19-9-6-10-20(22)15-19;3-1(4)2(5)6/h3-10,15,21H,2,11-14,16-17H2,1H3;(H,3,4)(H,5,6). The van der Waals surface area contributed by atoms with Gasteiger partial charge in [-0.25, -0.2) is 9.18 Å². The van der Waals surface area contributed by atoms with Gasteiger partial charge in [0.25, 0.3) is 0 Å². The summed E-state index contributed by atoms with van der Waals surface area (Å²) in [5.41, 5.74) is 2.51. The lowest BCUT2D eigenvalue weighted by Crippen LogP contribution is -3.14. The molecule has 2 aromatic rings. The van der Waals surface area contributed by atoms with Gasteiger partial charge >= 0.3 is 5.97 Å². The van der Waals surface area contributed by atoms with Crippen LogP contribution < -0.4 is 10.0 Å². The smallest absolute Gasteiger partial charge is 0.351 e. The molecule has 0 saturated carbocycles. The van der Waals surface area contributed by atoms with E-state index in [-0.39, 0.29) is 5.82 Å². The van der Waals surface area contributed by atoms with Crippen LogP contribution in [0.15, 0.2) is 54.6 Å². The Kier molecular flexibility index (Phi) is 9.44. The number of likely N-dealkylation sites (tertiary alicyclic amines) is 1. The Morgan fingerprint density at radius 1 is 1.10 bits per heavy atom. The van der Waals surface area contributed by atoms with E-state index in [0.717, 1.165) is 37.8 Å². The summed E-state index contributed by atoms with van der Waals surface area (Å²) in [5.74, 6) is -4.14. The Hall–Kier alpha value is -2.77. The van der Waals surface area contributed by atoms with Crippen LogP contribution in [0.5, 0.6) is 0 Å². The number of carbonyl (C=O) groups excluding carboxylic acids is 1. The van der Waals surface area contributed by atoms with Crippen molar-refractivity contribution in [3.8, 4) is 0 Å². The van der Waals surface area contributed by atoms with E-state index < -0.39 is 11.9 Å². The van der Waals surface area contributed by atoms with Crippen LogP contribution in [0.3, 0.4) is 0 Å².